The van der Waals surface area contributed by atoms with E-state index in [0.717, 1.165) is 58.2 Å². The first-order valence-electron chi connectivity index (χ1n) is 11.3. The van der Waals surface area contributed by atoms with Crippen LogP contribution in [0.2, 0.25) is 0 Å². The highest BCUT2D eigenvalue weighted by atomic mass is 16.5. The van der Waals surface area contributed by atoms with E-state index >= 15 is 0 Å². The van der Waals surface area contributed by atoms with Crippen LogP contribution in [0.5, 0.6) is 5.88 Å². The van der Waals surface area contributed by atoms with Gasteiger partial charge in [0.05, 0.1) is 12.1 Å². The van der Waals surface area contributed by atoms with Gasteiger partial charge in [0.15, 0.2) is 0 Å². The molecule has 0 amide bonds. The van der Waals surface area contributed by atoms with E-state index in [1.807, 2.05) is 20.8 Å². The predicted octanol–water partition coefficient (Wildman–Crippen LogP) is 4.72. The van der Waals surface area contributed by atoms with Crippen molar-refractivity contribution in [2.45, 2.75) is 99.0 Å². The van der Waals surface area contributed by atoms with E-state index in [4.69, 9.17) is 9.84 Å². The fourth-order valence-electron chi connectivity index (χ4n) is 3.88. The van der Waals surface area contributed by atoms with Crippen LogP contribution in [0.1, 0.15) is 91.7 Å². The summed E-state index contributed by atoms with van der Waals surface area (Å²) in [5.74, 6) is -0.735. The van der Waals surface area contributed by atoms with Gasteiger partial charge in [-0.05, 0) is 56.3 Å². The van der Waals surface area contributed by atoms with E-state index in [1.165, 1.54) is 0 Å². The summed E-state index contributed by atoms with van der Waals surface area (Å²) in [7, 11) is 0. The van der Waals surface area contributed by atoms with Crippen molar-refractivity contribution >= 4 is 5.97 Å². The molecule has 0 aromatic carbocycles. The minimum atomic E-state index is -0.733. The first kappa shape index (κ1) is 26.3. The van der Waals surface area contributed by atoms with Gasteiger partial charge in [-0.15, -0.1) is 0 Å². The summed E-state index contributed by atoms with van der Waals surface area (Å²) >= 11 is 0. The van der Waals surface area contributed by atoms with Gasteiger partial charge in [0, 0.05) is 19.8 Å². The molecule has 7 nitrogen and oxygen atoms in total. The van der Waals surface area contributed by atoms with Gasteiger partial charge in [0.2, 0.25) is 5.88 Å². The van der Waals surface area contributed by atoms with Crippen molar-refractivity contribution < 1.29 is 19.7 Å². The number of rotatable bonds is 16. The maximum Gasteiger partial charge on any atom is 0.328 e. The zero-order chi connectivity index (χ0) is 22.8. The third-order valence-corrected chi connectivity index (χ3v) is 5.84. The minimum Gasteiger partial charge on any atom is -0.493 e. The summed E-state index contributed by atoms with van der Waals surface area (Å²) in [6, 6.07) is 0. The summed E-state index contributed by atoms with van der Waals surface area (Å²) in [6.45, 7) is 12.4. The second kappa shape index (κ2) is 12.2. The van der Waals surface area contributed by atoms with Crippen molar-refractivity contribution in [3.63, 3.8) is 0 Å². The highest BCUT2D eigenvalue weighted by molar-refractivity contribution is 5.67. The lowest BCUT2D eigenvalue weighted by Gasteiger charge is -2.24. The SMILES string of the molecule is CCn1c(CCC(C)(C)CCCCOCCCCC(C)(C)CC(=O)O)c(O)[nH]c1=O. The zero-order valence-corrected chi connectivity index (χ0v) is 19.6. The number of aromatic hydroxyl groups is 1. The molecule has 0 spiro atoms. The van der Waals surface area contributed by atoms with E-state index in [1.54, 1.807) is 4.57 Å². The molecule has 174 valence electrons. The summed E-state index contributed by atoms with van der Waals surface area (Å²) in [5.41, 5.74) is 0.435. The number of H-pyrrole nitrogens is 1. The number of aromatic nitrogens is 2. The molecule has 0 fully saturated rings. The number of hydrogen-bond donors (Lipinski definition) is 3. The van der Waals surface area contributed by atoms with E-state index in [2.05, 4.69) is 18.8 Å². The lowest BCUT2D eigenvalue weighted by Crippen LogP contribution is -2.19. The van der Waals surface area contributed by atoms with Crippen LogP contribution in [0.3, 0.4) is 0 Å². The van der Waals surface area contributed by atoms with E-state index < -0.39 is 5.97 Å². The fraction of sp³-hybridized carbons (Fsp3) is 0.826. The molecule has 0 saturated heterocycles. The number of hydrogen-bond acceptors (Lipinski definition) is 4. The quantitative estimate of drug-likeness (QED) is 0.332. The second-order valence-corrected chi connectivity index (χ2v) is 9.90. The Labute approximate surface area is 180 Å². The summed E-state index contributed by atoms with van der Waals surface area (Å²) in [6.07, 6.45) is 7.83. The molecule has 0 saturated carbocycles. The maximum absolute atomic E-state index is 11.8. The van der Waals surface area contributed by atoms with Crippen LogP contribution in [0.4, 0.5) is 0 Å². The number of carboxylic acid groups (broad SMARTS) is 1. The van der Waals surface area contributed by atoms with Gasteiger partial charge in [-0.2, -0.15) is 0 Å². The van der Waals surface area contributed by atoms with Crippen LogP contribution >= 0.6 is 0 Å². The van der Waals surface area contributed by atoms with Gasteiger partial charge in [-0.1, -0.05) is 40.5 Å². The van der Waals surface area contributed by atoms with Gasteiger partial charge in [0.1, 0.15) is 0 Å². The second-order valence-electron chi connectivity index (χ2n) is 9.90. The van der Waals surface area contributed by atoms with E-state index in [0.29, 0.717) is 18.7 Å². The average Bonchev–Trinajstić information content (AvgIpc) is 2.89. The van der Waals surface area contributed by atoms with Gasteiger partial charge in [-0.25, -0.2) is 4.79 Å². The molecule has 7 heteroatoms. The molecule has 0 unspecified atom stereocenters. The molecule has 3 N–H and O–H groups in total. The summed E-state index contributed by atoms with van der Waals surface area (Å²) < 4.78 is 7.33. The molecule has 0 aliphatic heterocycles. The Bertz CT molecular complexity index is 703. The molecular weight excluding hydrogens is 384 g/mol. The van der Waals surface area contributed by atoms with Crippen molar-refractivity contribution in [2.24, 2.45) is 10.8 Å². The van der Waals surface area contributed by atoms with E-state index in [9.17, 15) is 14.7 Å². The van der Waals surface area contributed by atoms with Crippen LogP contribution in [-0.2, 0) is 22.5 Å². The Morgan fingerprint density at radius 2 is 1.57 bits per heavy atom. The van der Waals surface area contributed by atoms with Crippen LogP contribution in [-0.4, -0.2) is 38.9 Å². The monoisotopic (exact) mass is 426 g/mol. The molecule has 1 aromatic rings. The molecule has 0 bridgehead atoms. The smallest absolute Gasteiger partial charge is 0.328 e. The average molecular weight is 427 g/mol. The first-order valence-corrected chi connectivity index (χ1v) is 11.3. The highest BCUT2D eigenvalue weighted by Gasteiger charge is 2.22. The lowest BCUT2D eigenvalue weighted by atomic mass is 9.82. The minimum absolute atomic E-state index is 0.00241. The van der Waals surface area contributed by atoms with E-state index in [-0.39, 0.29) is 28.8 Å². The number of aliphatic carboxylic acids is 1. The van der Waals surface area contributed by atoms with Crippen LogP contribution < -0.4 is 5.69 Å². The standard InChI is InChI=1S/C23H42N2O5/c1-6-25-18(20(28)24-21(25)29)11-14-22(2,3)12-7-9-15-30-16-10-8-13-23(4,5)17-19(26)27/h28H,6-17H2,1-5H3,(H,24,29)(H,26,27). The van der Waals surface area contributed by atoms with Crippen molar-refractivity contribution in [1.29, 1.82) is 0 Å². The Kier molecular flexibility index (Phi) is 10.7. The number of aromatic amines is 1. The largest absolute Gasteiger partial charge is 0.493 e. The van der Waals surface area contributed by atoms with Crippen molar-refractivity contribution in [2.75, 3.05) is 13.2 Å². The van der Waals surface area contributed by atoms with Crippen molar-refractivity contribution in [1.82, 2.24) is 9.55 Å². The Morgan fingerprint density at radius 1 is 1.00 bits per heavy atom. The van der Waals surface area contributed by atoms with Gasteiger partial charge < -0.3 is 14.9 Å². The molecule has 0 aliphatic carbocycles. The first-order chi connectivity index (χ1) is 14.0. The molecule has 0 aliphatic rings. The Morgan fingerprint density at radius 3 is 2.10 bits per heavy atom. The van der Waals surface area contributed by atoms with Gasteiger partial charge >= 0.3 is 11.7 Å². The Balaban J connectivity index is 2.16. The zero-order valence-electron chi connectivity index (χ0n) is 19.6. The summed E-state index contributed by atoms with van der Waals surface area (Å²) in [5, 5.41) is 18.8. The topological polar surface area (TPSA) is 105 Å². The molecule has 0 atom stereocenters. The number of nitrogens with zero attached hydrogens (tertiary/aromatic N) is 1. The third kappa shape index (κ3) is 9.83. The van der Waals surface area contributed by atoms with Crippen LogP contribution in [0.15, 0.2) is 4.79 Å². The van der Waals surface area contributed by atoms with Gasteiger partial charge in [0.25, 0.3) is 0 Å². The maximum atomic E-state index is 11.8. The molecular formula is C23H42N2O5. The lowest BCUT2D eigenvalue weighted by molar-refractivity contribution is -0.139. The summed E-state index contributed by atoms with van der Waals surface area (Å²) in [4.78, 5) is 25.1. The van der Waals surface area contributed by atoms with Crippen LogP contribution in [0.25, 0.3) is 0 Å². The molecule has 1 aromatic heterocycles. The highest BCUT2D eigenvalue weighted by Crippen LogP contribution is 2.30. The number of carboxylic acids is 1. The fourth-order valence-corrected chi connectivity index (χ4v) is 3.88. The predicted molar refractivity (Wildman–Crippen MR) is 119 cm³/mol. The number of unbranched alkanes of at least 4 members (excludes halogenated alkanes) is 2. The number of nitrogens with one attached hydrogen (secondary N) is 1. The third-order valence-electron chi connectivity index (χ3n) is 5.84. The molecule has 30 heavy (non-hydrogen) atoms. The van der Waals surface area contributed by atoms with Crippen LogP contribution in [0, 0.1) is 10.8 Å². The number of ether oxygens (including phenoxy) is 1. The number of imidazole rings is 1. The normalized spacial score (nSPS) is 12.4. The molecule has 1 rings (SSSR count). The molecule has 0 radical (unpaired) electrons. The van der Waals surface area contributed by atoms with Crippen molar-refractivity contribution in [3.05, 3.63) is 16.2 Å². The number of carbonyl (C=O) groups is 1. The van der Waals surface area contributed by atoms with Gasteiger partial charge in [-0.3, -0.25) is 14.3 Å². The molecule has 1 heterocycles. The van der Waals surface area contributed by atoms with Crippen molar-refractivity contribution in [3.8, 4) is 5.88 Å². The Hall–Kier alpha value is -1.76.